The molecule has 5 rings (SSSR count). The Morgan fingerprint density at radius 3 is 2.47 bits per heavy atom. The molecule has 3 heterocycles. The Bertz CT molecular complexity index is 1220. The van der Waals surface area contributed by atoms with Crippen molar-refractivity contribution in [2.45, 2.75) is 78.7 Å². The summed E-state index contributed by atoms with van der Waals surface area (Å²) in [7, 11) is 0. The van der Waals surface area contributed by atoms with Crippen molar-refractivity contribution in [3.63, 3.8) is 0 Å². The van der Waals surface area contributed by atoms with Crippen LogP contribution >= 0.6 is 11.3 Å². The highest BCUT2D eigenvalue weighted by Crippen LogP contribution is 2.54. The van der Waals surface area contributed by atoms with Crippen LogP contribution in [-0.4, -0.2) is 89.4 Å². The standard InChI is InChI=1S/C33H48N4O5S/c1-6-13-37(23(3)27(7-2)42-25-11-9-8-10-12-25)29(38)18-41-17-24-16-35(31(40)28-15-34-22-43-28)19-33(24)20-36(21-33)30(39)26-14-32(26,4)5/h7,15,22,24-26H,2,6,8-14,16-21H2,1,3-5H3/t24?,26-/m1/s1. The van der Waals surface area contributed by atoms with Crippen LogP contribution in [0.15, 0.2) is 35.8 Å². The Morgan fingerprint density at radius 2 is 1.86 bits per heavy atom. The summed E-state index contributed by atoms with van der Waals surface area (Å²) < 4.78 is 12.4. The molecule has 3 amide bonds. The zero-order chi connectivity index (χ0) is 30.8. The minimum Gasteiger partial charge on any atom is -0.489 e. The highest BCUT2D eigenvalue weighted by atomic mass is 32.1. The van der Waals surface area contributed by atoms with E-state index in [9.17, 15) is 14.4 Å². The van der Waals surface area contributed by atoms with Crippen LogP contribution in [0.5, 0.6) is 0 Å². The molecule has 2 saturated carbocycles. The molecule has 2 saturated heterocycles. The van der Waals surface area contributed by atoms with E-state index in [2.05, 4.69) is 25.4 Å². The van der Waals surface area contributed by atoms with Crippen molar-refractivity contribution in [2.75, 3.05) is 45.9 Å². The number of ether oxygens (including phenoxy) is 2. The van der Waals surface area contributed by atoms with Gasteiger partial charge in [0.05, 0.1) is 30.1 Å². The Kier molecular flexibility index (Phi) is 9.66. The molecule has 4 fully saturated rings. The van der Waals surface area contributed by atoms with Gasteiger partial charge < -0.3 is 24.2 Å². The van der Waals surface area contributed by atoms with Gasteiger partial charge in [0.2, 0.25) is 5.91 Å². The molecule has 0 radical (unpaired) electrons. The highest BCUT2D eigenvalue weighted by Gasteiger charge is 2.60. The van der Waals surface area contributed by atoms with Crippen LogP contribution in [0.2, 0.25) is 0 Å². The minimum absolute atomic E-state index is 0.0293. The summed E-state index contributed by atoms with van der Waals surface area (Å²) in [5.74, 6) is 0.873. The van der Waals surface area contributed by atoms with Gasteiger partial charge in [-0.25, -0.2) is 0 Å². The van der Waals surface area contributed by atoms with Crippen LogP contribution in [0.1, 0.15) is 82.3 Å². The summed E-state index contributed by atoms with van der Waals surface area (Å²) in [5.41, 5.74) is 2.30. The summed E-state index contributed by atoms with van der Waals surface area (Å²) >= 11 is 1.34. The maximum absolute atomic E-state index is 13.5. The lowest BCUT2D eigenvalue weighted by Crippen LogP contribution is -2.63. The monoisotopic (exact) mass is 612 g/mol. The van der Waals surface area contributed by atoms with Crippen LogP contribution in [0.25, 0.3) is 0 Å². The van der Waals surface area contributed by atoms with Gasteiger partial charge in [-0.1, -0.05) is 33.8 Å². The van der Waals surface area contributed by atoms with Crippen molar-refractivity contribution in [3.8, 4) is 0 Å². The van der Waals surface area contributed by atoms with E-state index in [0.717, 1.165) is 31.4 Å². The average molecular weight is 613 g/mol. The van der Waals surface area contributed by atoms with Gasteiger partial charge in [-0.15, -0.1) is 11.3 Å². The number of rotatable bonds is 12. The van der Waals surface area contributed by atoms with Crippen LogP contribution < -0.4 is 0 Å². The smallest absolute Gasteiger partial charge is 0.265 e. The largest absolute Gasteiger partial charge is 0.489 e. The number of hydrogen-bond acceptors (Lipinski definition) is 7. The van der Waals surface area contributed by atoms with Gasteiger partial charge in [0, 0.05) is 50.0 Å². The third-order valence-corrected chi connectivity index (χ3v) is 10.7. The van der Waals surface area contributed by atoms with Crippen molar-refractivity contribution >= 4 is 29.1 Å². The Hall–Kier alpha value is -2.72. The topological polar surface area (TPSA) is 92.3 Å². The van der Waals surface area contributed by atoms with E-state index < -0.39 is 0 Å². The van der Waals surface area contributed by atoms with Crippen molar-refractivity contribution in [1.82, 2.24) is 19.7 Å². The molecule has 0 N–H and O–H groups in total. The molecule has 0 aromatic carbocycles. The molecule has 4 aliphatic rings. The third kappa shape index (κ3) is 6.85. The predicted octanol–water partition coefficient (Wildman–Crippen LogP) is 5.11. The molecule has 236 valence electrons. The molecule has 1 aromatic heterocycles. The van der Waals surface area contributed by atoms with Crippen molar-refractivity contribution in [3.05, 3.63) is 40.7 Å². The fourth-order valence-corrected chi connectivity index (χ4v) is 7.66. The molecule has 10 heteroatoms. The number of carbonyl (C=O) groups excluding carboxylic acids is 3. The number of carbonyl (C=O) groups is 3. The van der Waals surface area contributed by atoms with Crippen LogP contribution in [0.4, 0.5) is 0 Å². The number of nitrogens with zero attached hydrogens (tertiary/aromatic N) is 4. The van der Waals surface area contributed by atoms with E-state index in [0.29, 0.717) is 50.0 Å². The van der Waals surface area contributed by atoms with Crippen molar-refractivity contribution in [1.29, 1.82) is 0 Å². The van der Waals surface area contributed by atoms with E-state index in [1.807, 2.05) is 23.6 Å². The van der Waals surface area contributed by atoms with E-state index in [1.54, 1.807) is 22.7 Å². The Morgan fingerprint density at radius 1 is 1.16 bits per heavy atom. The first-order valence-corrected chi connectivity index (χ1v) is 16.8. The lowest BCUT2D eigenvalue weighted by molar-refractivity contribution is -0.149. The molecular weight excluding hydrogens is 564 g/mol. The van der Waals surface area contributed by atoms with E-state index in [1.165, 1.54) is 30.6 Å². The lowest BCUT2D eigenvalue weighted by Gasteiger charge is -2.51. The molecular formula is C33H48N4O5S. The number of hydrogen-bond donors (Lipinski definition) is 0. The number of likely N-dealkylation sites (tertiary alicyclic amines) is 2. The maximum Gasteiger partial charge on any atom is 0.265 e. The van der Waals surface area contributed by atoms with Crippen molar-refractivity contribution in [2.24, 2.45) is 22.7 Å². The first-order valence-electron chi connectivity index (χ1n) is 15.9. The minimum atomic E-state index is -0.221. The highest BCUT2D eigenvalue weighted by molar-refractivity contribution is 7.11. The molecule has 2 atom stereocenters. The summed E-state index contributed by atoms with van der Waals surface area (Å²) in [6.45, 7) is 15.4. The molecule has 1 aromatic rings. The van der Waals surface area contributed by atoms with Crippen LogP contribution in [0.3, 0.4) is 0 Å². The van der Waals surface area contributed by atoms with E-state index in [4.69, 9.17) is 9.47 Å². The number of thiazole rings is 1. The average Bonchev–Trinajstić information content (AvgIpc) is 3.33. The second kappa shape index (κ2) is 13.1. The van der Waals surface area contributed by atoms with Gasteiger partial charge in [-0.3, -0.25) is 19.4 Å². The van der Waals surface area contributed by atoms with Gasteiger partial charge >= 0.3 is 0 Å². The van der Waals surface area contributed by atoms with Crippen molar-refractivity contribution < 1.29 is 23.9 Å². The number of aromatic nitrogens is 1. The summed E-state index contributed by atoms with van der Waals surface area (Å²) in [6, 6.07) is 0. The fourth-order valence-electron chi connectivity index (χ4n) is 7.08. The molecule has 43 heavy (non-hydrogen) atoms. The summed E-state index contributed by atoms with van der Waals surface area (Å²) in [4.78, 5) is 50.1. The second-order valence-electron chi connectivity index (χ2n) is 13.6. The Labute approximate surface area is 260 Å². The SMILES string of the molecule is C=CC(OC1CCCCC1)=C(C)N(CCC)C(=O)COCC1CN(C(=O)c2cncs2)CC12CN(C(=O)[C@H]1CC1(C)C)C2. The molecule has 1 unspecified atom stereocenters. The maximum atomic E-state index is 13.5. The van der Waals surface area contributed by atoms with E-state index >= 15 is 0 Å². The Balaban J connectivity index is 1.22. The predicted molar refractivity (Wildman–Crippen MR) is 166 cm³/mol. The molecule has 9 nitrogen and oxygen atoms in total. The fraction of sp³-hybridized carbons (Fsp3) is 0.697. The molecule has 2 aliphatic heterocycles. The lowest BCUT2D eigenvalue weighted by atomic mass is 9.71. The molecule has 0 bridgehead atoms. The normalized spacial score (nSPS) is 24.7. The number of amides is 3. The second-order valence-corrected chi connectivity index (χ2v) is 14.5. The molecule has 1 spiro atoms. The molecule has 2 aliphatic carbocycles. The van der Waals surface area contributed by atoms with Gasteiger partial charge in [0.15, 0.2) is 0 Å². The summed E-state index contributed by atoms with van der Waals surface area (Å²) in [5, 5.41) is 0. The van der Waals surface area contributed by atoms with Crippen LogP contribution in [-0.2, 0) is 19.1 Å². The first-order chi connectivity index (χ1) is 20.6. The van der Waals surface area contributed by atoms with Gasteiger partial charge in [-0.05, 0) is 56.9 Å². The summed E-state index contributed by atoms with van der Waals surface area (Å²) in [6.07, 6.45) is 10.9. The first kappa shape index (κ1) is 31.7. The van der Waals surface area contributed by atoms with Crippen LogP contribution in [0, 0.1) is 22.7 Å². The van der Waals surface area contributed by atoms with Gasteiger partial charge in [0.1, 0.15) is 17.2 Å². The van der Waals surface area contributed by atoms with E-state index in [-0.39, 0.29) is 53.1 Å². The third-order valence-electron chi connectivity index (χ3n) is 9.96. The number of allylic oxidation sites excluding steroid dienone is 2. The van der Waals surface area contributed by atoms with Gasteiger partial charge in [-0.2, -0.15) is 0 Å². The zero-order valence-electron chi connectivity index (χ0n) is 26.3. The zero-order valence-corrected chi connectivity index (χ0v) is 27.1. The quantitative estimate of drug-likeness (QED) is 0.241. The van der Waals surface area contributed by atoms with Gasteiger partial charge in [0.25, 0.3) is 11.8 Å².